The maximum Gasteiger partial charge on any atom is 0.317 e. The first-order valence-electron chi connectivity index (χ1n) is 7.02. The standard InChI is InChI=1S/C18H18O3/c1-2-21-18(20)16(13-14-9-5-3-6-10-14)17(19)15-11-7-4-8-12-15/h3-12,16H,2,13H2,1H3/t16-/m1/s1. The van der Waals surface area contributed by atoms with Gasteiger partial charge in [-0.25, -0.2) is 0 Å². The SMILES string of the molecule is CCOC(=O)[C@H](Cc1ccccc1)C(=O)c1ccccc1. The van der Waals surface area contributed by atoms with Gasteiger partial charge in [0.1, 0.15) is 5.92 Å². The van der Waals surface area contributed by atoms with Crippen molar-refractivity contribution in [1.82, 2.24) is 0 Å². The number of esters is 1. The topological polar surface area (TPSA) is 43.4 Å². The van der Waals surface area contributed by atoms with E-state index in [2.05, 4.69) is 0 Å². The largest absolute Gasteiger partial charge is 0.465 e. The number of carbonyl (C=O) groups excluding carboxylic acids is 2. The second-order valence-corrected chi connectivity index (χ2v) is 4.72. The van der Waals surface area contributed by atoms with E-state index in [9.17, 15) is 9.59 Å². The zero-order chi connectivity index (χ0) is 15.1. The Hall–Kier alpha value is -2.42. The molecule has 2 aromatic carbocycles. The number of carbonyl (C=O) groups is 2. The van der Waals surface area contributed by atoms with E-state index in [4.69, 9.17) is 4.74 Å². The minimum atomic E-state index is -0.797. The van der Waals surface area contributed by atoms with E-state index in [1.165, 1.54) is 0 Å². The van der Waals surface area contributed by atoms with E-state index < -0.39 is 11.9 Å². The van der Waals surface area contributed by atoms with Crippen LogP contribution >= 0.6 is 0 Å². The van der Waals surface area contributed by atoms with Crippen LogP contribution in [0.3, 0.4) is 0 Å². The number of Topliss-reactive ketones (excluding diaryl/α,β-unsaturated/α-hetero) is 1. The summed E-state index contributed by atoms with van der Waals surface area (Å²) in [5.41, 5.74) is 1.48. The fraction of sp³-hybridized carbons (Fsp3) is 0.222. The van der Waals surface area contributed by atoms with Gasteiger partial charge in [0.2, 0.25) is 0 Å². The summed E-state index contributed by atoms with van der Waals surface area (Å²) in [6.45, 7) is 2.01. The molecule has 0 aliphatic rings. The molecule has 0 heterocycles. The number of hydrogen-bond acceptors (Lipinski definition) is 3. The molecule has 0 saturated carbocycles. The third kappa shape index (κ3) is 4.02. The average Bonchev–Trinajstić information content (AvgIpc) is 2.54. The molecular formula is C18H18O3. The number of rotatable bonds is 6. The van der Waals surface area contributed by atoms with E-state index in [0.717, 1.165) is 5.56 Å². The van der Waals surface area contributed by atoms with Gasteiger partial charge in [-0.1, -0.05) is 60.7 Å². The average molecular weight is 282 g/mol. The van der Waals surface area contributed by atoms with Crippen LogP contribution in [0.25, 0.3) is 0 Å². The summed E-state index contributed by atoms with van der Waals surface area (Å²) in [5.74, 6) is -1.46. The van der Waals surface area contributed by atoms with Gasteiger partial charge >= 0.3 is 5.97 Å². The molecule has 0 amide bonds. The highest BCUT2D eigenvalue weighted by Gasteiger charge is 2.29. The van der Waals surface area contributed by atoms with E-state index in [1.54, 1.807) is 31.2 Å². The first-order chi connectivity index (χ1) is 10.2. The van der Waals surface area contributed by atoms with Gasteiger partial charge in [-0.2, -0.15) is 0 Å². The molecule has 1 atom stereocenters. The second-order valence-electron chi connectivity index (χ2n) is 4.72. The van der Waals surface area contributed by atoms with Crippen LogP contribution in [0.4, 0.5) is 0 Å². The third-order valence-corrected chi connectivity index (χ3v) is 3.23. The normalized spacial score (nSPS) is 11.7. The van der Waals surface area contributed by atoms with Crippen LogP contribution < -0.4 is 0 Å². The molecule has 0 spiro atoms. The summed E-state index contributed by atoms with van der Waals surface area (Å²) >= 11 is 0. The highest BCUT2D eigenvalue weighted by molar-refractivity contribution is 6.08. The molecule has 3 nitrogen and oxygen atoms in total. The summed E-state index contributed by atoms with van der Waals surface area (Å²) < 4.78 is 5.06. The summed E-state index contributed by atoms with van der Waals surface area (Å²) in [7, 11) is 0. The second kappa shape index (κ2) is 7.39. The smallest absolute Gasteiger partial charge is 0.317 e. The van der Waals surface area contributed by atoms with Gasteiger partial charge < -0.3 is 4.74 Å². The lowest BCUT2D eigenvalue weighted by atomic mass is 9.91. The summed E-state index contributed by atoms with van der Waals surface area (Å²) in [4.78, 5) is 24.7. The Morgan fingerprint density at radius 3 is 2.10 bits per heavy atom. The summed E-state index contributed by atoms with van der Waals surface area (Å²) in [6, 6.07) is 18.4. The van der Waals surface area contributed by atoms with Crippen LogP contribution in [0.5, 0.6) is 0 Å². The van der Waals surface area contributed by atoms with Gasteiger partial charge in [0.05, 0.1) is 6.61 Å². The maximum atomic E-state index is 12.6. The molecule has 0 aliphatic carbocycles. The molecule has 108 valence electrons. The Kier molecular flexibility index (Phi) is 5.27. The Bertz CT molecular complexity index is 590. The molecule has 0 saturated heterocycles. The van der Waals surface area contributed by atoms with Crippen molar-refractivity contribution in [3.8, 4) is 0 Å². The van der Waals surface area contributed by atoms with Gasteiger partial charge in [-0.05, 0) is 18.9 Å². The molecule has 2 rings (SSSR count). The number of ether oxygens (including phenoxy) is 1. The molecule has 0 aromatic heterocycles. The van der Waals surface area contributed by atoms with Gasteiger partial charge in [0.25, 0.3) is 0 Å². The monoisotopic (exact) mass is 282 g/mol. The zero-order valence-electron chi connectivity index (χ0n) is 12.0. The lowest BCUT2D eigenvalue weighted by Crippen LogP contribution is -2.28. The molecule has 0 bridgehead atoms. The Morgan fingerprint density at radius 2 is 1.52 bits per heavy atom. The van der Waals surface area contributed by atoms with E-state index in [-0.39, 0.29) is 12.4 Å². The Balaban J connectivity index is 2.24. The van der Waals surface area contributed by atoms with Gasteiger partial charge in [0.15, 0.2) is 5.78 Å². The van der Waals surface area contributed by atoms with Gasteiger partial charge in [0, 0.05) is 5.56 Å². The molecule has 0 unspecified atom stereocenters. The highest BCUT2D eigenvalue weighted by atomic mass is 16.5. The van der Waals surface area contributed by atoms with Crippen molar-refractivity contribution in [2.75, 3.05) is 6.61 Å². The van der Waals surface area contributed by atoms with Crippen molar-refractivity contribution in [3.63, 3.8) is 0 Å². The highest BCUT2D eigenvalue weighted by Crippen LogP contribution is 2.16. The molecule has 0 radical (unpaired) electrons. The van der Waals surface area contributed by atoms with Crippen LogP contribution in [0.15, 0.2) is 60.7 Å². The molecule has 21 heavy (non-hydrogen) atoms. The minimum absolute atomic E-state index is 0.196. The summed E-state index contributed by atoms with van der Waals surface area (Å²) in [6.07, 6.45) is 0.355. The molecule has 0 fully saturated rings. The van der Waals surface area contributed by atoms with Crippen molar-refractivity contribution in [2.45, 2.75) is 13.3 Å². The molecule has 0 aliphatic heterocycles. The molecule has 3 heteroatoms. The first kappa shape index (κ1) is 15.0. The van der Waals surface area contributed by atoms with Crippen molar-refractivity contribution >= 4 is 11.8 Å². The minimum Gasteiger partial charge on any atom is -0.465 e. The van der Waals surface area contributed by atoms with Gasteiger partial charge in [-0.15, -0.1) is 0 Å². The van der Waals surface area contributed by atoms with Crippen LogP contribution in [-0.4, -0.2) is 18.4 Å². The Morgan fingerprint density at radius 1 is 0.952 bits per heavy atom. The number of hydrogen-bond donors (Lipinski definition) is 0. The molecule has 0 N–H and O–H groups in total. The zero-order valence-corrected chi connectivity index (χ0v) is 12.0. The lowest BCUT2D eigenvalue weighted by molar-refractivity contribution is -0.146. The van der Waals surface area contributed by atoms with Gasteiger partial charge in [-0.3, -0.25) is 9.59 Å². The molecule has 2 aromatic rings. The summed E-state index contributed by atoms with van der Waals surface area (Å²) in [5, 5.41) is 0. The van der Waals surface area contributed by atoms with Crippen molar-refractivity contribution in [3.05, 3.63) is 71.8 Å². The van der Waals surface area contributed by atoms with Crippen LogP contribution in [0, 0.1) is 5.92 Å². The van der Waals surface area contributed by atoms with E-state index in [0.29, 0.717) is 12.0 Å². The van der Waals surface area contributed by atoms with Crippen LogP contribution in [0.2, 0.25) is 0 Å². The first-order valence-corrected chi connectivity index (χ1v) is 7.02. The van der Waals surface area contributed by atoms with E-state index >= 15 is 0 Å². The van der Waals surface area contributed by atoms with Crippen molar-refractivity contribution in [2.24, 2.45) is 5.92 Å². The molecular weight excluding hydrogens is 264 g/mol. The number of ketones is 1. The predicted octanol–water partition coefficient (Wildman–Crippen LogP) is 3.29. The maximum absolute atomic E-state index is 12.6. The predicted molar refractivity (Wildman–Crippen MR) is 81.0 cm³/mol. The van der Waals surface area contributed by atoms with Crippen LogP contribution in [0.1, 0.15) is 22.8 Å². The Labute approximate surface area is 124 Å². The fourth-order valence-electron chi connectivity index (χ4n) is 2.18. The van der Waals surface area contributed by atoms with Crippen LogP contribution in [-0.2, 0) is 16.0 Å². The fourth-order valence-corrected chi connectivity index (χ4v) is 2.18. The van der Waals surface area contributed by atoms with E-state index in [1.807, 2.05) is 36.4 Å². The lowest BCUT2D eigenvalue weighted by Gasteiger charge is -2.14. The quantitative estimate of drug-likeness (QED) is 0.464. The third-order valence-electron chi connectivity index (χ3n) is 3.23. The van der Waals surface area contributed by atoms with Crippen molar-refractivity contribution in [1.29, 1.82) is 0 Å². The van der Waals surface area contributed by atoms with Crippen molar-refractivity contribution < 1.29 is 14.3 Å². The number of benzene rings is 2.